The van der Waals surface area contributed by atoms with Crippen LogP contribution in [0, 0.1) is 12.3 Å². The molecule has 0 saturated heterocycles. The van der Waals surface area contributed by atoms with Crippen LogP contribution in [0.15, 0.2) is 0 Å². The molecular formula is C9H17NO2S. The highest BCUT2D eigenvalue weighted by Crippen LogP contribution is 1.90. The Morgan fingerprint density at radius 1 is 1.54 bits per heavy atom. The van der Waals surface area contributed by atoms with Crippen LogP contribution in [0.4, 0.5) is 0 Å². The van der Waals surface area contributed by atoms with Gasteiger partial charge in [0.05, 0.1) is 5.75 Å². The second-order valence-corrected chi connectivity index (χ2v) is 5.47. The molecule has 4 heteroatoms. The zero-order valence-corrected chi connectivity index (χ0v) is 9.02. The van der Waals surface area contributed by atoms with Gasteiger partial charge < -0.3 is 5.32 Å². The Balaban J connectivity index is 3.63. The number of nitrogens with one attached hydrogen (secondary N) is 1. The number of sulfone groups is 1. The van der Waals surface area contributed by atoms with E-state index in [4.69, 9.17) is 6.42 Å². The lowest BCUT2D eigenvalue weighted by Crippen LogP contribution is -2.31. The first kappa shape index (κ1) is 12.5. The van der Waals surface area contributed by atoms with E-state index in [0.717, 1.165) is 0 Å². The summed E-state index contributed by atoms with van der Waals surface area (Å²) in [6.45, 7) is 4.08. The molecule has 0 aliphatic carbocycles. The third-order valence-corrected chi connectivity index (χ3v) is 3.48. The highest BCUT2D eigenvalue weighted by molar-refractivity contribution is 7.91. The summed E-state index contributed by atoms with van der Waals surface area (Å²) in [7, 11) is -2.84. The predicted molar refractivity (Wildman–Crippen MR) is 55.2 cm³/mol. The van der Waals surface area contributed by atoms with Crippen LogP contribution in [-0.2, 0) is 9.84 Å². The quantitative estimate of drug-likeness (QED) is 0.636. The molecule has 3 nitrogen and oxygen atoms in total. The zero-order valence-electron chi connectivity index (χ0n) is 8.21. The first-order valence-electron chi connectivity index (χ1n) is 4.39. The van der Waals surface area contributed by atoms with Crippen molar-refractivity contribution in [1.29, 1.82) is 0 Å². The number of terminal acetylenes is 1. The average Bonchev–Trinajstić information content (AvgIpc) is 2.05. The van der Waals surface area contributed by atoms with E-state index in [1.54, 1.807) is 6.92 Å². The standard InChI is InChI=1S/C9H17NO2S/c1-4-6-9(3)10-7-8-13(11,12)5-2/h1,9-10H,5-8H2,2-3H3. The maximum atomic E-state index is 11.1. The van der Waals surface area contributed by atoms with E-state index in [9.17, 15) is 8.42 Å². The lowest BCUT2D eigenvalue weighted by Gasteiger charge is -2.09. The van der Waals surface area contributed by atoms with Crippen molar-refractivity contribution < 1.29 is 8.42 Å². The normalized spacial score (nSPS) is 13.6. The van der Waals surface area contributed by atoms with E-state index in [1.807, 2.05) is 6.92 Å². The van der Waals surface area contributed by atoms with Crippen molar-refractivity contribution in [1.82, 2.24) is 5.32 Å². The monoisotopic (exact) mass is 203 g/mol. The summed E-state index contributed by atoms with van der Waals surface area (Å²) in [6, 6.07) is 0.192. The SMILES string of the molecule is C#CCC(C)NCCS(=O)(=O)CC. The van der Waals surface area contributed by atoms with Crippen LogP contribution in [0.3, 0.4) is 0 Å². The van der Waals surface area contributed by atoms with Crippen LogP contribution in [-0.4, -0.2) is 32.5 Å². The number of hydrogen-bond acceptors (Lipinski definition) is 3. The van der Waals surface area contributed by atoms with Crippen molar-refractivity contribution in [2.24, 2.45) is 0 Å². The van der Waals surface area contributed by atoms with Crippen molar-refractivity contribution in [3.8, 4) is 12.3 Å². The smallest absolute Gasteiger partial charge is 0.151 e. The van der Waals surface area contributed by atoms with Gasteiger partial charge >= 0.3 is 0 Å². The van der Waals surface area contributed by atoms with Gasteiger partial charge in [-0.2, -0.15) is 0 Å². The van der Waals surface area contributed by atoms with Crippen molar-refractivity contribution >= 4 is 9.84 Å². The van der Waals surface area contributed by atoms with E-state index in [1.165, 1.54) is 0 Å². The molecule has 1 atom stereocenters. The van der Waals surface area contributed by atoms with Gasteiger partial charge in [0.25, 0.3) is 0 Å². The highest BCUT2D eigenvalue weighted by Gasteiger charge is 2.07. The Bertz CT molecular complexity index is 264. The summed E-state index contributed by atoms with van der Waals surface area (Å²) < 4.78 is 22.1. The summed E-state index contributed by atoms with van der Waals surface area (Å²) in [5.41, 5.74) is 0. The molecule has 0 aromatic heterocycles. The lowest BCUT2D eigenvalue weighted by molar-refractivity contribution is 0.564. The number of rotatable bonds is 6. The molecule has 0 aliphatic rings. The second-order valence-electron chi connectivity index (χ2n) is 3.00. The molecule has 76 valence electrons. The van der Waals surface area contributed by atoms with E-state index in [2.05, 4.69) is 11.2 Å². The molecule has 0 aromatic carbocycles. The lowest BCUT2D eigenvalue weighted by atomic mass is 10.2. The largest absolute Gasteiger partial charge is 0.312 e. The fourth-order valence-electron chi connectivity index (χ4n) is 0.854. The molecule has 13 heavy (non-hydrogen) atoms. The Labute approximate surface area is 80.8 Å². The topological polar surface area (TPSA) is 46.2 Å². The van der Waals surface area contributed by atoms with Crippen LogP contribution in [0.1, 0.15) is 20.3 Å². The molecule has 0 rings (SSSR count). The Hall–Kier alpha value is -0.530. The Morgan fingerprint density at radius 3 is 2.62 bits per heavy atom. The van der Waals surface area contributed by atoms with Crippen LogP contribution in [0.2, 0.25) is 0 Å². The second kappa shape index (κ2) is 6.01. The van der Waals surface area contributed by atoms with Crippen molar-refractivity contribution in [2.75, 3.05) is 18.1 Å². The van der Waals surface area contributed by atoms with Gasteiger partial charge in [0.15, 0.2) is 9.84 Å². The molecule has 0 fully saturated rings. The number of hydrogen-bond donors (Lipinski definition) is 1. The van der Waals surface area contributed by atoms with E-state index >= 15 is 0 Å². The minimum Gasteiger partial charge on any atom is -0.312 e. The summed E-state index contributed by atoms with van der Waals surface area (Å²) in [6.07, 6.45) is 5.74. The van der Waals surface area contributed by atoms with Gasteiger partial charge in [-0.3, -0.25) is 0 Å². The molecular weight excluding hydrogens is 186 g/mol. The van der Waals surface area contributed by atoms with Gasteiger partial charge in [-0.1, -0.05) is 6.92 Å². The van der Waals surface area contributed by atoms with Gasteiger partial charge in [-0.05, 0) is 6.92 Å². The van der Waals surface area contributed by atoms with Gasteiger partial charge in [-0.15, -0.1) is 12.3 Å². The minimum absolute atomic E-state index is 0.192. The third kappa shape index (κ3) is 6.62. The van der Waals surface area contributed by atoms with Crippen molar-refractivity contribution in [3.05, 3.63) is 0 Å². The molecule has 0 saturated carbocycles. The molecule has 0 heterocycles. The van der Waals surface area contributed by atoms with Gasteiger partial charge in [0.2, 0.25) is 0 Å². The maximum Gasteiger partial charge on any atom is 0.151 e. The summed E-state index contributed by atoms with van der Waals surface area (Å²) in [5.74, 6) is 2.92. The van der Waals surface area contributed by atoms with Crippen LogP contribution in [0.5, 0.6) is 0 Å². The van der Waals surface area contributed by atoms with Gasteiger partial charge in [-0.25, -0.2) is 8.42 Å². The Morgan fingerprint density at radius 2 is 2.15 bits per heavy atom. The summed E-state index contributed by atoms with van der Waals surface area (Å²) in [5, 5.41) is 3.05. The Kier molecular flexibility index (Phi) is 5.76. The summed E-state index contributed by atoms with van der Waals surface area (Å²) in [4.78, 5) is 0. The summed E-state index contributed by atoms with van der Waals surface area (Å²) >= 11 is 0. The van der Waals surface area contributed by atoms with Gasteiger partial charge in [0.1, 0.15) is 0 Å². The zero-order chi connectivity index (χ0) is 10.3. The van der Waals surface area contributed by atoms with Crippen molar-refractivity contribution in [2.45, 2.75) is 26.3 Å². The highest BCUT2D eigenvalue weighted by atomic mass is 32.2. The molecule has 1 N–H and O–H groups in total. The fraction of sp³-hybridized carbons (Fsp3) is 0.778. The first-order valence-corrected chi connectivity index (χ1v) is 6.21. The molecule has 0 spiro atoms. The molecule has 0 aromatic rings. The maximum absolute atomic E-state index is 11.1. The first-order chi connectivity index (χ1) is 6.02. The van der Waals surface area contributed by atoms with Crippen LogP contribution < -0.4 is 5.32 Å². The fourth-order valence-corrected chi connectivity index (χ4v) is 1.57. The van der Waals surface area contributed by atoms with Crippen LogP contribution >= 0.6 is 0 Å². The average molecular weight is 203 g/mol. The third-order valence-electron chi connectivity index (χ3n) is 1.77. The van der Waals surface area contributed by atoms with E-state index in [-0.39, 0.29) is 17.5 Å². The predicted octanol–water partition coefficient (Wildman–Crippen LogP) is 0.422. The molecule has 0 bridgehead atoms. The molecule has 0 radical (unpaired) electrons. The van der Waals surface area contributed by atoms with Gasteiger partial charge in [0, 0.05) is 24.8 Å². The minimum atomic E-state index is -2.84. The molecule has 1 unspecified atom stereocenters. The van der Waals surface area contributed by atoms with Crippen LogP contribution in [0.25, 0.3) is 0 Å². The van der Waals surface area contributed by atoms with E-state index < -0.39 is 9.84 Å². The van der Waals surface area contributed by atoms with Crippen molar-refractivity contribution in [3.63, 3.8) is 0 Å². The molecule has 0 aliphatic heterocycles. The molecule has 0 amide bonds. The van der Waals surface area contributed by atoms with E-state index in [0.29, 0.717) is 13.0 Å².